The zero-order valence-electron chi connectivity index (χ0n) is 15.4. The Labute approximate surface area is 154 Å². The molecule has 2 aromatic rings. The number of hydrogen-bond donors (Lipinski definition) is 0. The molecule has 0 aliphatic rings. The number of Topliss-reactive ketones (excluding diaryl/α,β-unsaturated/α-hetero) is 1. The number of rotatable bonds is 11. The predicted octanol–water partition coefficient (Wildman–Crippen LogP) is 4.20. The van der Waals surface area contributed by atoms with Crippen molar-refractivity contribution in [3.05, 3.63) is 59.9 Å². The molecule has 0 unspecified atom stereocenters. The molecule has 0 spiro atoms. The minimum atomic E-state index is -0.327. The zero-order valence-corrected chi connectivity index (χ0v) is 15.4. The van der Waals surface area contributed by atoms with Crippen molar-refractivity contribution in [2.75, 3.05) is 33.4 Å². The normalized spacial score (nSPS) is 10.8. The lowest BCUT2D eigenvalue weighted by Crippen LogP contribution is -2.25. The number of carbonyl (C=O) groups is 1. The molecule has 0 fully saturated rings. The SMILES string of the molecule is CCOc1ccccc1OCCN(C)CCCC(=O)c1ccc(F)cc1. The van der Waals surface area contributed by atoms with Gasteiger partial charge in [0.1, 0.15) is 12.4 Å². The molecule has 0 aliphatic heterocycles. The second kappa shape index (κ2) is 10.6. The molecule has 0 heterocycles. The Morgan fingerprint density at radius 1 is 1.00 bits per heavy atom. The Morgan fingerprint density at radius 2 is 1.65 bits per heavy atom. The van der Waals surface area contributed by atoms with E-state index in [4.69, 9.17) is 9.47 Å². The lowest BCUT2D eigenvalue weighted by atomic mass is 10.1. The van der Waals surface area contributed by atoms with E-state index >= 15 is 0 Å². The van der Waals surface area contributed by atoms with Gasteiger partial charge in [-0.25, -0.2) is 4.39 Å². The maximum Gasteiger partial charge on any atom is 0.162 e. The third-order valence-electron chi connectivity index (χ3n) is 3.99. The van der Waals surface area contributed by atoms with Crippen LogP contribution in [-0.4, -0.2) is 44.0 Å². The maximum atomic E-state index is 12.9. The number of likely N-dealkylation sites (N-methyl/N-ethyl adjacent to an activating group) is 1. The van der Waals surface area contributed by atoms with Crippen molar-refractivity contribution in [1.82, 2.24) is 4.90 Å². The van der Waals surface area contributed by atoms with Gasteiger partial charge >= 0.3 is 0 Å². The summed E-state index contributed by atoms with van der Waals surface area (Å²) in [4.78, 5) is 14.2. The fourth-order valence-electron chi connectivity index (χ4n) is 2.56. The van der Waals surface area contributed by atoms with Crippen LogP contribution in [0.4, 0.5) is 4.39 Å². The highest BCUT2D eigenvalue weighted by atomic mass is 19.1. The summed E-state index contributed by atoms with van der Waals surface area (Å²) < 4.78 is 24.2. The molecule has 5 heteroatoms. The molecule has 26 heavy (non-hydrogen) atoms. The minimum absolute atomic E-state index is 0.0419. The van der Waals surface area contributed by atoms with E-state index in [0.717, 1.165) is 31.0 Å². The maximum absolute atomic E-state index is 12.9. The summed E-state index contributed by atoms with van der Waals surface area (Å²) in [6, 6.07) is 13.3. The Hall–Kier alpha value is -2.40. The average Bonchev–Trinajstić information content (AvgIpc) is 2.64. The van der Waals surface area contributed by atoms with Gasteiger partial charge in [0.15, 0.2) is 17.3 Å². The van der Waals surface area contributed by atoms with Crippen LogP contribution in [0.15, 0.2) is 48.5 Å². The third kappa shape index (κ3) is 6.48. The van der Waals surface area contributed by atoms with Crippen molar-refractivity contribution in [1.29, 1.82) is 0 Å². The summed E-state index contributed by atoms with van der Waals surface area (Å²) in [7, 11) is 2.00. The summed E-state index contributed by atoms with van der Waals surface area (Å²) in [5.41, 5.74) is 0.560. The molecule has 0 radical (unpaired) electrons. The van der Waals surface area contributed by atoms with Crippen LogP contribution in [0.5, 0.6) is 11.5 Å². The van der Waals surface area contributed by atoms with Crippen LogP contribution in [-0.2, 0) is 0 Å². The smallest absolute Gasteiger partial charge is 0.162 e. The number of nitrogens with zero attached hydrogens (tertiary/aromatic N) is 1. The van der Waals surface area contributed by atoms with Crippen LogP contribution >= 0.6 is 0 Å². The Bertz CT molecular complexity index is 688. The molecule has 0 aromatic heterocycles. The Kier molecular flexibility index (Phi) is 8.09. The summed E-state index contributed by atoms with van der Waals surface area (Å²) in [5, 5.41) is 0. The highest BCUT2D eigenvalue weighted by molar-refractivity contribution is 5.95. The van der Waals surface area contributed by atoms with Crippen LogP contribution in [0, 0.1) is 5.82 Å². The number of benzene rings is 2. The van der Waals surface area contributed by atoms with Gasteiger partial charge in [0.2, 0.25) is 0 Å². The van der Waals surface area contributed by atoms with Crippen LogP contribution < -0.4 is 9.47 Å². The van der Waals surface area contributed by atoms with Gasteiger partial charge < -0.3 is 14.4 Å². The standard InChI is InChI=1S/C21H26FNO3/c1-3-25-20-8-4-5-9-21(20)26-16-15-23(2)14-6-7-19(24)17-10-12-18(22)13-11-17/h4-5,8-13H,3,6-7,14-16H2,1-2H3. The molecule has 0 N–H and O–H groups in total. The fourth-order valence-corrected chi connectivity index (χ4v) is 2.56. The van der Waals surface area contributed by atoms with Crippen LogP contribution in [0.1, 0.15) is 30.1 Å². The van der Waals surface area contributed by atoms with Gasteiger partial charge in [-0.05, 0) is 63.3 Å². The van der Waals surface area contributed by atoms with Crippen LogP contribution in [0.25, 0.3) is 0 Å². The molecular formula is C21H26FNO3. The molecule has 0 amide bonds. The zero-order chi connectivity index (χ0) is 18.8. The van der Waals surface area contributed by atoms with E-state index in [1.807, 2.05) is 38.2 Å². The quantitative estimate of drug-likeness (QED) is 0.564. The number of ketones is 1. The summed E-state index contributed by atoms with van der Waals surface area (Å²) in [5.74, 6) is 1.21. The largest absolute Gasteiger partial charge is 0.490 e. The van der Waals surface area contributed by atoms with E-state index < -0.39 is 0 Å². The summed E-state index contributed by atoms with van der Waals surface area (Å²) >= 11 is 0. The number of ether oxygens (including phenoxy) is 2. The molecular weight excluding hydrogens is 333 g/mol. The minimum Gasteiger partial charge on any atom is -0.490 e. The number of halogens is 1. The van der Waals surface area contributed by atoms with E-state index in [9.17, 15) is 9.18 Å². The number of hydrogen-bond acceptors (Lipinski definition) is 4. The van der Waals surface area contributed by atoms with Crippen molar-refractivity contribution >= 4 is 5.78 Å². The number of carbonyl (C=O) groups excluding carboxylic acids is 1. The molecule has 0 saturated heterocycles. The first kappa shape index (κ1) is 19.9. The van der Waals surface area contributed by atoms with Gasteiger partial charge in [0.25, 0.3) is 0 Å². The third-order valence-corrected chi connectivity index (χ3v) is 3.99. The molecule has 4 nitrogen and oxygen atoms in total. The second-order valence-corrected chi connectivity index (χ2v) is 6.07. The summed E-state index contributed by atoms with van der Waals surface area (Å²) in [6.45, 7) is 4.64. The van der Waals surface area contributed by atoms with Gasteiger partial charge in [-0.15, -0.1) is 0 Å². The molecule has 2 aromatic carbocycles. The van der Waals surface area contributed by atoms with Crippen LogP contribution in [0.3, 0.4) is 0 Å². The van der Waals surface area contributed by atoms with E-state index in [-0.39, 0.29) is 11.6 Å². The lowest BCUT2D eigenvalue weighted by Gasteiger charge is -2.17. The fraction of sp³-hybridized carbons (Fsp3) is 0.381. The first-order chi connectivity index (χ1) is 12.6. The van der Waals surface area contributed by atoms with Gasteiger partial charge in [-0.3, -0.25) is 4.79 Å². The van der Waals surface area contributed by atoms with Gasteiger partial charge in [0, 0.05) is 18.5 Å². The molecule has 0 bridgehead atoms. The second-order valence-electron chi connectivity index (χ2n) is 6.07. The Morgan fingerprint density at radius 3 is 2.31 bits per heavy atom. The monoisotopic (exact) mass is 359 g/mol. The molecule has 0 aliphatic carbocycles. The summed E-state index contributed by atoms with van der Waals surface area (Å²) in [6.07, 6.45) is 1.20. The average molecular weight is 359 g/mol. The van der Waals surface area contributed by atoms with Gasteiger partial charge in [0.05, 0.1) is 6.61 Å². The van der Waals surface area contributed by atoms with E-state index in [0.29, 0.717) is 25.2 Å². The number of para-hydroxylation sites is 2. The van der Waals surface area contributed by atoms with Crippen molar-refractivity contribution in [3.63, 3.8) is 0 Å². The highest BCUT2D eigenvalue weighted by Gasteiger charge is 2.08. The molecule has 0 saturated carbocycles. The first-order valence-corrected chi connectivity index (χ1v) is 8.92. The Balaban J connectivity index is 1.67. The van der Waals surface area contributed by atoms with Crippen molar-refractivity contribution < 1.29 is 18.7 Å². The van der Waals surface area contributed by atoms with Gasteiger partial charge in [-0.2, -0.15) is 0 Å². The van der Waals surface area contributed by atoms with E-state index in [2.05, 4.69) is 4.90 Å². The van der Waals surface area contributed by atoms with Crippen molar-refractivity contribution in [2.24, 2.45) is 0 Å². The predicted molar refractivity (Wildman–Crippen MR) is 101 cm³/mol. The lowest BCUT2D eigenvalue weighted by molar-refractivity contribution is 0.0975. The van der Waals surface area contributed by atoms with E-state index in [1.165, 1.54) is 24.3 Å². The van der Waals surface area contributed by atoms with E-state index in [1.54, 1.807) is 0 Å². The molecule has 0 atom stereocenters. The molecule has 140 valence electrons. The van der Waals surface area contributed by atoms with Crippen molar-refractivity contribution in [2.45, 2.75) is 19.8 Å². The molecule has 2 rings (SSSR count). The van der Waals surface area contributed by atoms with Crippen LogP contribution in [0.2, 0.25) is 0 Å². The van der Waals surface area contributed by atoms with Crippen molar-refractivity contribution in [3.8, 4) is 11.5 Å². The topological polar surface area (TPSA) is 38.8 Å². The first-order valence-electron chi connectivity index (χ1n) is 8.92. The van der Waals surface area contributed by atoms with Gasteiger partial charge in [-0.1, -0.05) is 12.1 Å². The highest BCUT2D eigenvalue weighted by Crippen LogP contribution is 2.26.